The summed E-state index contributed by atoms with van der Waals surface area (Å²) in [5, 5.41) is 6.80. The number of benzene rings is 1. The van der Waals surface area contributed by atoms with Crippen LogP contribution in [0.5, 0.6) is 5.75 Å². The lowest BCUT2D eigenvalue weighted by Crippen LogP contribution is -2.18. The van der Waals surface area contributed by atoms with E-state index in [2.05, 4.69) is 5.32 Å². The zero-order valence-corrected chi connectivity index (χ0v) is 13.1. The number of methoxy groups -OCH3 is 1. The van der Waals surface area contributed by atoms with E-state index < -0.39 is 0 Å². The Kier molecular flexibility index (Phi) is 5.11. The molecule has 1 aromatic carbocycles. The smallest absolute Gasteiger partial charge is 0.122 e. The zero-order valence-electron chi connectivity index (χ0n) is 10.7. The summed E-state index contributed by atoms with van der Waals surface area (Å²) >= 11 is 13.9. The largest absolute Gasteiger partial charge is 0.496 e. The Hall–Kier alpha value is -0.740. The predicted octanol–water partition coefficient (Wildman–Crippen LogP) is 4.57. The molecule has 0 aliphatic carbocycles. The fraction of sp³-hybridized carbons (Fsp3) is 0.286. The summed E-state index contributed by atoms with van der Waals surface area (Å²) in [6.45, 7) is 0. The van der Waals surface area contributed by atoms with Crippen molar-refractivity contribution in [2.45, 2.75) is 12.5 Å². The first-order valence-corrected chi connectivity index (χ1v) is 7.51. The highest BCUT2D eigenvalue weighted by Gasteiger charge is 2.17. The third-order valence-corrected chi connectivity index (χ3v) is 4.68. The lowest BCUT2D eigenvalue weighted by molar-refractivity contribution is 0.406. The molecule has 1 N–H and O–H groups in total. The highest BCUT2D eigenvalue weighted by atomic mass is 35.5. The van der Waals surface area contributed by atoms with Crippen molar-refractivity contribution >= 4 is 34.5 Å². The number of likely N-dealkylation sites (N-methyl/N-ethyl adjacent to an activating group) is 1. The Bertz CT molecular complexity index is 556. The summed E-state index contributed by atoms with van der Waals surface area (Å²) in [7, 11) is 3.59. The normalized spacial score (nSPS) is 12.4. The van der Waals surface area contributed by atoms with Crippen LogP contribution in [-0.4, -0.2) is 14.2 Å². The van der Waals surface area contributed by atoms with E-state index in [1.165, 1.54) is 0 Å². The van der Waals surface area contributed by atoms with E-state index >= 15 is 0 Å². The number of nitrogens with one attached hydrogen (secondary N) is 1. The molecule has 2 rings (SSSR count). The highest BCUT2D eigenvalue weighted by molar-refractivity contribution is 7.10. The molecule has 2 nitrogen and oxygen atoms in total. The number of halogens is 2. The molecule has 2 aromatic rings. The Morgan fingerprint density at radius 3 is 2.68 bits per heavy atom. The molecule has 5 heteroatoms. The molecule has 1 atom stereocenters. The SMILES string of the molecule is CNC(Cc1cc(Cl)ccc1OC)c1sccc1Cl. The van der Waals surface area contributed by atoms with Gasteiger partial charge in [-0.25, -0.2) is 0 Å². The van der Waals surface area contributed by atoms with E-state index in [1.807, 2.05) is 36.7 Å². The molecule has 0 saturated heterocycles. The number of rotatable bonds is 5. The average molecular weight is 316 g/mol. The van der Waals surface area contributed by atoms with Crippen molar-refractivity contribution in [2.75, 3.05) is 14.2 Å². The monoisotopic (exact) mass is 315 g/mol. The van der Waals surface area contributed by atoms with E-state index in [9.17, 15) is 0 Å². The van der Waals surface area contributed by atoms with Crippen molar-refractivity contribution in [1.29, 1.82) is 0 Å². The maximum Gasteiger partial charge on any atom is 0.122 e. The second-order valence-corrected chi connectivity index (χ2v) is 5.93. The molecule has 0 amide bonds. The fourth-order valence-corrected chi connectivity index (χ4v) is 3.50. The van der Waals surface area contributed by atoms with Crippen molar-refractivity contribution < 1.29 is 4.74 Å². The first-order valence-electron chi connectivity index (χ1n) is 5.88. The molecule has 0 aliphatic rings. The van der Waals surface area contributed by atoms with E-state index in [0.717, 1.165) is 27.6 Å². The first-order chi connectivity index (χ1) is 9.15. The van der Waals surface area contributed by atoms with Gasteiger partial charge in [-0.05, 0) is 48.7 Å². The molecule has 0 radical (unpaired) electrons. The molecule has 0 spiro atoms. The summed E-state index contributed by atoms with van der Waals surface area (Å²) in [6.07, 6.45) is 0.778. The number of hydrogen-bond acceptors (Lipinski definition) is 3. The Labute approximate surface area is 127 Å². The maximum atomic E-state index is 6.20. The van der Waals surface area contributed by atoms with Crippen molar-refractivity contribution in [3.05, 3.63) is 50.1 Å². The number of ether oxygens (including phenoxy) is 1. The lowest BCUT2D eigenvalue weighted by atomic mass is 10.0. The van der Waals surface area contributed by atoms with E-state index in [1.54, 1.807) is 18.4 Å². The van der Waals surface area contributed by atoms with Crippen LogP contribution in [0.3, 0.4) is 0 Å². The van der Waals surface area contributed by atoms with E-state index in [-0.39, 0.29) is 6.04 Å². The van der Waals surface area contributed by atoms with Gasteiger partial charge in [-0.1, -0.05) is 23.2 Å². The van der Waals surface area contributed by atoms with Crippen LogP contribution in [-0.2, 0) is 6.42 Å². The summed E-state index contributed by atoms with van der Waals surface area (Å²) in [4.78, 5) is 1.13. The van der Waals surface area contributed by atoms with Gasteiger partial charge in [0.2, 0.25) is 0 Å². The first kappa shape index (κ1) is 14.7. The van der Waals surface area contributed by atoms with Gasteiger partial charge >= 0.3 is 0 Å². The Morgan fingerprint density at radius 2 is 2.11 bits per heavy atom. The number of hydrogen-bond donors (Lipinski definition) is 1. The fourth-order valence-electron chi connectivity index (χ4n) is 2.01. The van der Waals surface area contributed by atoms with Gasteiger partial charge in [-0.2, -0.15) is 0 Å². The van der Waals surface area contributed by atoms with Gasteiger partial charge in [0.15, 0.2) is 0 Å². The molecule has 0 aliphatic heterocycles. The van der Waals surface area contributed by atoms with Crippen molar-refractivity contribution in [2.24, 2.45) is 0 Å². The molecule has 19 heavy (non-hydrogen) atoms. The van der Waals surface area contributed by atoms with Gasteiger partial charge in [0.25, 0.3) is 0 Å². The van der Waals surface area contributed by atoms with Crippen LogP contribution in [0.25, 0.3) is 0 Å². The van der Waals surface area contributed by atoms with Crippen LogP contribution in [0.1, 0.15) is 16.5 Å². The minimum atomic E-state index is 0.153. The lowest BCUT2D eigenvalue weighted by Gasteiger charge is -2.17. The Balaban J connectivity index is 2.28. The molecule has 1 unspecified atom stereocenters. The quantitative estimate of drug-likeness (QED) is 0.872. The molecule has 102 valence electrons. The Morgan fingerprint density at radius 1 is 1.32 bits per heavy atom. The summed E-state index contributed by atoms with van der Waals surface area (Å²) in [5.74, 6) is 0.845. The number of thiophene rings is 1. The summed E-state index contributed by atoms with van der Waals surface area (Å²) in [6, 6.07) is 7.73. The van der Waals surface area contributed by atoms with Gasteiger partial charge in [0.1, 0.15) is 5.75 Å². The van der Waals surface area contributed by atoms with E-state index in [4.69, 9.17) is 27.9 Å². The van der Waals surface area contributed by atoms with Gasteiger partial charge in [0, 0.05) is 15.9 Å². The van der Waals surface area contributed by atoms with Crippen LogP contribution in [0, 0.1) is 0 Å². The van der Waals surface area contributed by atoms with Crippen LogP contribution in [0.15, 0.2) is 29.6 Å². The van der Waals surface area contributed by atoms with Gasteiger partial charge in [-0.15, -0.1) is 11.3 Å². The van der Waals surface area contributed by atoms with Crippen molar-refractivity contribution in [3.8, 4) is 5.75 Å². The van der Waals surface area contributed by atoms with Crippen LogP contribution >= 0.6 is 34.5 Å². The molecule has 0 saturated carbocycles. The van der Waals surface area contributed by atoms with Crippen LogP contribution in [0.4, 0.5) is 0 Å². The molecule has 0 bridgehead atoms. The molecule has 1 heterocycles. The minimum absolute atomic E-state index is 0.153. The van der Waals surface area contributed by atoms with Gasteiger partial charge in [-0.3, -0.25) is 0 Å². The summed E-state index contributed by atoms with van der Waals surface area (Å²) < 4.78 is 5.38. The molecular weight excluding hydrogens is 301 g/mol. The molecule has 1 aromatic heterocycles. The van der Waals surface area contributed by atoms with Crippen molar-refractivity contribution in [3.63, 3.8) is 0 Å². The second-order valence-electron chi connectivity index (χ2n) is 4.13. The predicted molar refractivity (Wildman–Crippen MR) is 82.8 cm³/mol. The average Bonchev–Trinajstić information content (AvgIpc) is 2.82. The van der Waals surface area contributed by atoms with Crippen molar-refractivity contribution in [1.82, 2.24) is 5.32 Å². The topological polar surface area (TPSA) is 21.3 Å². The maximum absolute atomic E-state index is 6.20. The van der Waals surface area contributed by atoms with Gasteiger partial charge in [0.05, 0.1) is 12.1 Å². The standard InChI is InChI=1S/C14H15Cl2NOS/c1-17-12(14-11(16)5-6-19-14)8-9-7-10(15)3-4-13(9)18-2/h3-7,12,17H,8H2,1-2H3. The van der Waals surface area contributed by atoms with E-state index in [0.29, 0.717) is 5.02 Å². The second kappa shape index (κ2) is 6.62. The van der Waals surface area contributed by atoms with Crippen LogP contribution < -0.4 is 10.1 Å². The highest BCUT2D eigenvalue weighted by Crippen LogP contribution is 2.33. The molecule has 0 fully saturated rings. The molecular formula is C14H15Cl2NOS. The third kappa shape index (κ3) is 3.42. The summed E-state index contributed by atoms with van der Waals surface area (Å²) in [5.41, 5.74) is 1.07. The third-order valence-electron chi connectivity index (χ3n) is 2.98. The minimum Gasteiger partial charge on any atom is -0.496 e. The van der Waals surface area contributed by atoms with Crippen LogP contribution in [0.2, 0.25) is 10.0 Å². The zero-order chi connectivity index (χ0) is 13.8. The van der Waals surface area contributed by atoms with Gasteiger partial charge < -0.3 is 10.1 Å².